The average Bonchev–Trinajstić information content (AvgIpc) is 2.81. The van der Waals surface area contributed by atoms with Crippen molar-refractivity contribution in [3.05, 3.63) is 29.6 Å². The van der Waals surface area contributed by atoms with E-state index in [1.807, 2.05) is 12.4 Å². The van der Waals surface area contributed by atoms with Crippen molar-refractivity contribution in [3.63, 3.8) is 0 Å². The fourth-order valence-electron chi connectivity index (χ4n) is 3.46. The number of nitrogens with zero attached hydrogens (tertiary/aromatic N) is 2. The summed E-state index contributed by atoms with van der Waals surface area (Å²) in [5.41, 5.74) is 2.79. The average molecular weight is 247 g/mol. The van der Waals surface area contributed by atoms with Crippen LogP contribution in [0.2, 0.25) is 0 Å². The van der Waals surface area contributed by atoms with E-state index in [0.717, 1.165) is 0 Å². The van der Waals surface area contributed by atoms with Gasteiger partial charge in [0.1, 0.15) is 0 Å². The first-order valence-corrected chi connectivity index (χ1v) is 6.86. The van der Waals surface area contributed by atoms with E-state index in [1.54, 1.807) is 0 Å². The lowest BCUT2D eigenvalue weighted by Crippen LogP contribution is -2.51. The van der Waals surface area contributed by atoms with Crippen molar-refractivity contribution in [3.8, 4) is 0 Å². The molecule has 0 saturated heterocycles. The topological polar surface area (TPSA) is 28.2 Å². The minimum Gasteiger partial charge on any atom is -0.311 e. The molecule has 1 N–H and O–H groups in total. The van der Waals surface area contributed by atoms with Crippen LogP contribution in [-0.2, 0) is 0 Å². The maximum atomic E-state index is 4.36. The highest BCUT2D eigenvalue weighted by atomic mass is 15.2. The molecular weight excluding hydrogens is 222 g/mol. The minimum atomic E-state index is 0.240. The number of nitrogens with one attached hydrogen (secondary N) is 1. The van der Waals surface area contributed by atoms with Gasteiger partial charge in [-0.05, 0) is 52.0 Å². The summed E-state index contributed by atoms with van der Waals surface area (Å²) in [7, 11) is 6.48. The normalized spacial score (nSPS) is 20.3. The Morgan fingerprint density at radius 2 is 1.94 bits per heavy atom. The van der Waals surface area contributed by atoms with Crippen molar-refractivity contribution in [1.29, 1.82) is 0 Å². The molecule has 1 aliphatic carbocycles. The van der Waals surface area contributed by atoms with Crippen LogP contribution in [0, 0.1) is 6.92 Å². The zero-order chi connectivity index (χ0) is 13.2. The second-order valence-corrected chi connectivity index (χ2v) is 5.72. The Hall–Kier alpha value is -0.930. The molecule has 18 heavy (non-hydrogen) atoms. The fourth-order valence-corrected chi connectivity index (χ4v) is 3.46. The van der Waals surface area contributed by atoms with Crippen molar-refractivity contribution in [2.75, 3.05) is 21.1 Å². The summed E-state index contributed by atoms with van der Waals surface area (Å²) >= 11 is 0. The van der Waals surface area contributed by atoms with Crippen LogP contribution >= 0.6 is 0 Å². The van der Waals surface area contributed by atoms with E-state index in [4.69, 9.17) is 0 Å². The van der Waals surface area contributed by atoms with E-state index in [9.17, 15) is 0 Å². The first kappa shape index (κ1) is 13.5. The van der Waals surface area contributed by atoms with Crippen LogP contribution in [0.15, 0.2) is 18.5 Å². The molecule has 1 aromatic rings. The van der Waals surface area contributed by atoms with Crippen LogP contribution in [0.5, 0.6) is 0 Å². The Kier molecular flexibility index (Phi) is 4.03. The highest BCUT2D eigenvalue weighted by Crippen LogP contribution is 2.43. The predicted molar refractivity (Wildman–Crippen MR) is 75.7 cm³/mol. The number of likely N-dealkylation sites (N-methyl/N-ethyl adjacent to an activating group) is 2. The molecule has 1 unspecified atom stereocenters. The molecule has 1 heterocycles. The fraction of sp³-hybridized carbons (Fsp3) is 0.667. The van der Waals surface area contributed by atoms with Crippen molar-refractivity contribution >= 4 is 0 Å². The van der Waals surface area contributed by atoms with Crippen LogP contribution < -0.4 is 5.32 Å². The highest BCUT2D eigenvalue weighted by molar-refractivity contribution is 5.25. The second kappa shape index (κ2) is 5.37. The molecule has 1 fully saturated rings. The summed E-state index contributed by atoms with van der Waals surface area (Å²) in [5, 5.41) is 3.53. The molecular formula is C15H25N3. The third kappa shape index (κ3) is 2.29. The van der Waals surface area contributed by atoms with Gasteiger partial charge in [0.05, 0.1) is 6.04 Å². The van der Waals surface area contributed by atoms with Gasteiger partial charge in [-0.2, -0.15) is 0 Å². The summed E-state index contributed by atoms with van der Waals surface area (Å²) in [6.07, 6.45) is 9.12. The third-order valence-corrected chi connectivity index (χ3v) is 4.42. The summed E-state index contributed by atoms with van der Waals surface area (Å²) in [6, 6.07) is 2.62. The summed E-state index contributed by atoms with van der Waals surface area (Å²) in [4.78, 5) is 6.76. The molecule has 1 aliphatic rings. The molecule has 0 bridgehead atoms. The molecule has 0 aromatic carbocycles. The Bertz CT molecular complexity index is 394. The quantitative estimate of drug-likeness (QED) is 0.886. The molecule has 2 rings (SSSR count). The Morgan fingerprint density at radius 1 is 1.28 bits per heavy atom. The van der Waals surface area contributed by atoms with Gasteiger partial charge in [-0.1, -0.05) is 18.9 Å². The van der Waals surface area contributed by atoms with Crippen LogP contribution in [0.1, 0.15) is 42.9 Å². The first-order chi connectivity index (χ1) is 8.60. The van der Waals surface area contributed by atoms with Crippen molar-refractivity contribution in [2.24, 2.45) is 0 Å². The van der Waals surface area contributed by atoms with Gasteiger partial charge in [-0.15, -0.1) is 0 Å². The number of rotatable bonds is 4. The molecule has 0 radical (unpaired) electrons. The van der Waals surface area contributed by atoms with E-state index >= 15 is 0 Å². The number of aromatic nitrogens is 1. The minimum absolute atomic E-state index is 0.240. The zero-order valence-corrected chi connectivity index (χ0v) is 12.0. The largest absolute Gasteiger partial charge is 0.311 e. The Labute approximate surface area is 111 Å². The Morgan fingerprint density at radius 3 is 2.44 bits per heavy atom. The zero-order valence-electron chi connectivity index (χ0n) is 12.0. The number of aryl methyl sites for hydroxylation is 1. The van der Waals surface area contributed by atoms with E-state index < -0.39 is 0 Å². The maximum absolute atomic E-state index is 4.36. The lowest BCUT2D eigenvalue weighted by molar-refractivity contribution is 0.108. The summed E-state index contributed by atoms with van der Waals surface area (Å²) in [6.45, 7) is 2.11. The van der Waals surface area contributed by atoms with Gasteiger partial charge in [-0.25, -0.2) is 0 Å². The molecule has 1 saturated carbocycles. The van der Waals surface area contributed by atoms with Gasteiger partial charge in [0.2, 0.25) is 0 Å². The molecule has 3 nitrogen and oxygen atoms in total. The van der Waals surface area contributed by atoms with E-state index in [1.165, 1.54) is 36.8 Å². The van der Waals surface area contributed by atoms with Crippen molar-refractivity contribution in [1.82, 2.24) is 15.2 Å². The molecule has 100 valence electrons. The lowest BCUT2D eigenvalue weighted by Gasteiger charge is -2.43. The predicted octanol–water partition coefficient (Wildman–Crippen LogP) is 2.52. The molecule has 1 aromatic heterocycles. The smallest absolute Gasteiger partial charge is 0.0519 e. The number of hydrogen-bond donors (Lipinski definition) is 1. The van der Waals surface area contributed by atoms with Gasteiger partial charge < -0.3 is 10.2 Å². The first-order valence-electron chi connectivity index (χ1n) is 6.86. The van der Waals surface area contributed by atoms with E-state index in [2.05, 4.69) is 49.3 Å². The monoisotopic (exact) mass is 247 g/mol. The van der Waals surface area contributed by atoms with Crippen LogP contribution in [0.25, 0.3) is 0 Å². The summed E-state index contributed by atoms with van der Waals surface area (Å²) < 4.78 is 0. The van der Waals surface area contributed by atoms with Crippen molar-refractivity contribution < 1.29 is 0 Å². The second-order valence-electron chi connectivity index (χ2n) is 5.72. The molecule has 0 amide bonds. The van der Waals surface area contributed by atoms with Crippen LogP contribution in [0.4, 0.5) is 0 Å². The van der Waals surface area contributed by atoms with E-state index in [0.29, 0.717) is 6.04 Å². The molecule has 0 spiro atoms. The van der Waals surface area contributed by atoms with Gasteiger partial charge in [-0.3, -0.25) is 4.98 Å². The molecule has 1 atom stereocenters. The van der Waals surface area contributed by atoms with Crippen LogP contribution in [0.3, 0.4) is 0 Å². The SMILES string of the molecule is CNC(c1cncc(C)c1)C1(N(C)C)CCCC1. The van der Waals surface area contributed by atoms with Crippen molar-refractivity contribution in [2.45, 2.75) is 44.2 Å². The van der Waals surface area contributed by atoms with E-state index in [-0.39, 0.29) is 5.54 Å². The van der Waals surface area contributed by atoms with Gasteiger partial charge in [0, 0.05) is 17.9 Å². The lowest BCUT2D eigenvalue weighted by atomic mass is 9.83. The number of pyridine rings is 1. The molecule has 0 aliphatic heterocycles. The number of hydrogen-bond acceptors (Lipinski definition) is 3. The van der Waals surface area contributed by atoms with Gasteiger partial charge in [0.25, 0.3) is 0 Å². The third-order valence-electron chi connectivity index (χ3n) is 4.42. The maximum Gasteiger partial charge on any atom is 0.0519 e. The molecule has 3 heteroatoms. The van der Waals surface area contributed by atoms with Gasteiger partial charge >= 0.3 is 0 Å². The summed E-state index contributed by atoms with van der Waals surface area (Å²) in [5.74, 6) is 0. The van der Waals surface area contributed by atoms with Crippen LogP contribution in [-0.4, -0.2) is 36.6 Å². The van der Waals surface area contributed by atoms with Gasteiger partial charge in [0.15, 0.2) is 0 Å². The highest BCUT2D eigenvalue weighted by Gasteiger charge is 2.43. The Balaban J connectivity index is 2.37. The standard InChI is InChI=1S/C15H25N3/c1-12-9-13(11-17-10-12)14(16-2)15(18(3)4)7-5-6-8-15/h9-11,14,16H,5-8H2,1-4H3.